The largest absolute Gasteiger partial charge is 0.480 e. The van der Waals surface area contributed by atoms with Gasteiger partial charge in [0, 0.05) is 19.5 Å². The molecule has 1 rings (SSSR count). The summed E-state index contributed by atoms with van der Waals surface area (Å²) < 4.78 is 0. The zero-order valence-corrected chi connectivity index (χ0v) is 8.52. The van der Waals surface area contributed by atoms with Gasteiger partial charge in [0.2, 0.25) is 11.8 Å². The van der Waals surface area contributed by atoms with E-state index in [4.69, 9.17) is 5.11 Å². The number of carboxylic acid groups (broad SMARTS) is 1. The predicted molar refractivity (Wildman–Crippen MR) is 51.0 cm³/mol. The van der Waals surface area contributed by atoms with Crippen molar-refractivity contribution >= 4 is 17.8 Å². The van der Waals surface area contributed by atoms with Crippen molar-refractivity contribution in [3.8, 4) is 0 Å². The number of carboxylic acids is 1. The summed E-state index contributed by atoms with van der Waals surface area (Å²) in [4.78, 5) is 34.3. The van der Waals surface area contributed by atoms with E-state index in [1.165, 1.54) is 4.90 Å². The summed E-state index contributed by atoms with van der Waals surface area (Å²) in [7, 11) is 0. The van der Waals surface area contributed by atoms with Crippen LogP contribution in [0.5, 0.6) is 0 Å². The summed E-state index contributed by atoms with van der Waals surface area (Å²) in [6, 6.07) is 0. The third-order valence-corrected chi connectivity index (χ3v) is 2.35. The molecule has 1 aliphatic heterocycles. The Labute approximate surface area is 87.2 Å². The van der Waals surface area contributed by atoms with Crippen molar-refractivity contribution < 1.29 is 19.5 Å². The molecule has 0 radical (unpaired) electrons. The average molecular weight is 214 g/mol. The van der Waals surface area contributed by atoms with Crippen LogP contribution >= 0.6 is 0 Å². The van der Waals surface area contributed by atoms with Gasteiger partial charge in [0.1, 0.15) is 6.54 Å². The normalized spacial score (nSPS) is 19.8. The standard InChI is InChI=1S/C9H14N2O4/c1-2-11(5-8(13)14)9(15)6-3-7(12)10-4-6/h6H,2-5H2,1H3,(H,10,12)(H,13,14). The van der Waals surface area contributed by atoms with Gasteiger partial charge >= 0.3 is 5.97 Å². The summed E-state index contributed by atoms with van der Waals surface area (Å²) in [6.45, 7) is 2.06. The van der Waals surface area contributed by atoms with Crippen LogP contribution in [0.3, 0.4) is 0 Å². The van der Waals surface area contributed by atoms with E-state index in [1.807, 2.05) is 0 Å². The molecule has 1 heterocycles. The molecule has 0 saturated carbocycles. The van der Waals surface area contributed by atoms with Crippen molar-refractivity contribution in [3.63, 3.8) is 0 Å². The van der Waals surface area contributed by atoms with Gasteiger partial charge in [0.15, 0.2) is 0 Å². The highest BCUT2D eigenvalue weighted by Crippen LogP contribution is 2.12. The second-order valence-corrected chi connectivity index (χ2v) is 3.45. The summed E-state index contributed by atoms with van der Waals surface area (Å²) in [5, 5.41) is 11.1. The van der Waals surface area contributed by atoms with Gasteiger partial charge in [-0.3, -0.25) is 14.4 Å². The molecular formula is C9H14N2O4. The number of likely N-dealkylation sites (N-methyl/N-ethyl adjacent to an activating group) is 1. The van der Waals surface area contributed by atoms with Gasteiger partial charge in [0.05, 0.1) is 5.92 Å². The fourth-order valence-electron chi connectivity index (χ4n) is 1.55. The number of nitrogens with zero attached hydrogens (tertiary/aromatic N) is 1. The molecule has 15 heavy (non-hydrogen) atoms. The lowest BCUT2D eigenvalue weighted by molar-refractivity contribution is -0.146. The van der Waals surface area contributed by atoms with E-state index < -0.39 is 11.9 Å². The Morgan fingerprint density at radius 1 is 1.60 bits per heavy atom. The van der Waals surface area contributed by atoms with Crippen LogP contribution in [0.25, 0.3) is 0 Å². The highest BCUT2D eigenvalue weighted by atomic mass is 16.4. The van der Waals surface area contributed by atoms with E-state index in [1.54, 1.807) is 6.92 Å². The van der Waals surface area contributed by atoms with Gasteiger partial charge in [-0.15, -0.1) is 0 Å². The van der Waals surface area contributed by atoms with E-state index in [0.29, 0.717) is 13.1 Å². The maximum absolute atomic E-state index is 11.7. The van der Waals surface area contributed by atoms with Crippen molar-refractivity contribution in [2.75, 3.05) is 19.6 Å². The van der Waals surface area contributed by atoms with Crippen molar-refractivity contribution in [2.45, 2.75) is 13.3 Å². The third-order valence-electron chi connectivity index (χ3n) is 2.35. The molecule has 6 nitrogen and oxygen atoms in total. The SMILES string of the molecule is CCN(CC(=O)O)C(=O)C1CNC(=O)C1. The van der Waals surface area contributed by atoms with E-state index in [-0.39, 0.29) is 24.8 Å². The maximum Gasteiger partial charge on any atom is 0.323 e. The fraction of sp³-hybridized carbons (Fsp3) is 0.667. The molecule has 6 heteroatoms. The molecule has 1 fully saturated rings. The van der Waals surface area contributed by atoms with Gasteiger partial charge in [-0.25, -0.2) is 0 Å². The smallest absolute Gasteiger partial charge is 0.323 e. The maximum atomic E-state index is 11.7. The van der Waals surface area contributed by atoms with Crippen molar-refractivity contribution in [2.24, 2.45) is 5.92 Å². The first-order valence-corrected chi connectivity index (χ1v) is 4.81. The average Bonchev–Trinajstić information content (AvgIpc) is 2.60. The van der Waals surface area contributed by atoms with Crippen LogP contribution in [0, 0.1) is 5.92 Å². The Hall–Kier alpha value is -1.59. The van der Waals surface area contributed by atoms with Gasteiger partial charge in [-0.05, 0) is 6.92 Å². The molecule has 0 aromatic carbocycles. The van der Waals surface area contributed by atoms with E-state index >= 15 is 0 Å². The molecule has 1 unspecified atom stereocenters. The molecule has 0 bridgehead atoms. The zero-order valence-electron chi connectivity index (χ0n) is 8.52. The molecule has 2 N–H and O–H groups in total. The number of aliphatic carboxylic acids is 1. The lowest BCUT2D eigenvalue weighted by Crippen LogP contribution is -2.40. The first kappa shape index (κ1) is 11.5. The lowest BCUT2D eigenvalue weighted by atomic mass is 10.1. The molecule has 0 spiro atoms. The molecule has 0 aromatic rings. The molecule has 1 saturated heterocycles. The molecular weight excluding hydrogens is 200 g/mol. The Balaban J connectivity index is 2.56. The predicted octanol–water partition coefficient (Wildman–Crippen LogP) is -0.944. The highest BCUT2D eigenvalue weighted by molar-refractivity contribution is 5.90. The minimum Gasteiger partial charge on any atom is -0.480 e. The van der Waals surface area contributed by atoms with Gasteiger partial charge in [0.25, 0.3) is 0 Å². The first-order valence-electron chi connectivity index (χ1n) is 4.81. The molecule has 1 atom stereocenters. The number of amides is 2. The Morgan fingerprint density at radius 2 is 2.27 bits per heavy atom. The number of rotatable bonds is 4. The van der Waals surface area contributed by atoms with Crippen molar-refractivity contribution in [1.82, 2.24) is 10.2 Å². The Bertz CT molecular complexity index is 290. The Kier molecular flexibility index (Phi) is 3.65. The van der Waals surface area contributed by atoms with Crippen LogP contribution in [0.15, 0.2) is 0 Å². The van der Waals surface area contributed by atoms with Gasteiger partial charge in [-0.2, -0.15) is 0 Å². The molecule has 0 aliphatic carbocycles. The summed E-state index contributed by atoms with van der Waals surface area (Å²) >= 11 is 0. The minimum atomic E-state index is -1.04. The number of carbonyl (C=O) groups is 3. The van der Waals surface area contributed by atoms with Crippen molar-refractivity contribution in [3.05, 3.63) is 0 Å². The Morgan fingerprint density at radius 3 is 2.67 bits per heavy atom. The summed E-state index contributed by atoms with van der Waals surface area (Å²) in [6.07, 6.45) is 0.162. The number of hydrogen-bond acceptors (Lipinski definition) is 3. The first-order chi connectivity index (χ1) is 7.04. The molecule has 1 aliphatic rings. The van der Waals surface area contributed by atoms with E-state index in [9.17, 15) is 14.4 Å². The number of carbonyl (C=O) groups excluding carboxylic acids is 2. The van der Waals surface area contributed by atoms with Gasteiger partial charge in [-0.1, -0.05) is 0 Å². The van der Waals surface area contributed by atoms with Crippen LogP contribution in [-0.4, -0.2) is 47.4 Å². The topological polar surface area (TPSA) is 86.7 Å². The van der Waals surface area contributed by atoms with Crippen LogP contribution in [0.4, 0.5) is 0 Å². The molecule has 0 aromatic heterocycles. The number of nitrogens with one attached hydrogen (secondary N) is 1. The lowest BCUT2D eigenvalue weighted by Gasteiger charge is -2.21. The third kappa shape index (κ3) is 2.93. The minimum absolute atomic E-state index is 0.153. The fourth-order valence-corrected chi connectivity index (χ4v) is 1.55. The zero-order chi connectivity index (χ0) is 11.4. The van der Waals surface area contributed by atoms with Crippen LogP contribution < -0.4 is 5.32 Å². The second-order valence-electron chi connectivity index (χ2n) is 3.45. The quantitative estimate of drug-likeness (QED) is 0.632. The summed E-state index contributed by atoms with van der Waals surface area (Å²) in [5.74, 6) is -1.86. The monoisotopic (exact) mass is 214 g/mol. The highest BCUT2D eigenvalue weighted by Gasteiger charge is 2.31. The molecule has 84 valence electrons. The number of hydrogen-bond donors (Lipinski definition) is 2. The second kappa shape index (κ2) is 4.77. The summed E-state index contributed by atoms with van der Waals surface area (Å²) in [5.41, 5.74) is 0. The van der Waals surface area contributed by atoms with Crippen LogP contribution in [0.1, 0.15) is 13.3 Å². The molecule has 2 amide bonds. The van der Waals surface area contributed by atoms with Crippen LogP contribution in [0.2, 0.25) is 0 Å². The van der Waals surface area contributed by atoms with Crippen molar-refractivity contribution in [1.29, 1.82) is 0 Å². The van der Waals surface area contributed by atoms with Gasteiger partial charge < -0.3 is 15.3 Å². The van der Waals surface area contributed by atoms with E-state index in [0.717, 1.165) is 0 Å². The van der Waals surface area contributed by atoms with E-state index in [2.05, 4.69) is 5.32 Å². The van der Waals surface area contributed by atoms with Crippen LogP contribution in [-0.2, 0) is 14.4 Å².